The summed E-state index contributed by atoms with van der Waals surface area (Å²) >= 11 is 5.93. The van der Waals surface area contributed by atoms with E-state index in [1.165, 1.54) is 0 Å². The lowest BCUT2D eigenvalue weighted by Crippen LogP contribution is -2.00. The summed E-state index contributed by atoms with van der Waals surface area (Å²) in [6.45, 7) is 0.507. The number of phenols is 1. The number of phenolic OH excluding ortho intramolecular Hbond substituents is 1. The summed E-state index contributed by atoms with van der Waals surface area (Å²) in [5.41, 5.74) is 2.72. The number of nitrogens with zero attached hydrogens (tertiary/aromatic N) is 2. The van der Waals surface area contributed by atoms with E-state index in [-0.39, 0.29) is 5.75 Å². The van der Waals surface area contributed by atoms with E-state index in [9.17, 15) is 5.11 Å². The Kier molecular flexibility index (Phi) is 3.79. The van der Waals surface area contributed by atoms with Crippen molar-refractivity contribution in [3.8, 4) is 11.4 Å². The van der Waals surface area contributed by atoms with Gasteiger partial charge in [0.15, 0.2) is 0 Å². The zero-order chi connectivity index (χ0) is 14.7. The van der Waals surface area contributed by atoms with Gasteiger partial charge in [0, 0.05) is 35.2 Å². The summed E-state index contributed by atoms with van der Waals surface area (Å²) in [4.78, 5) is 0. The van der Waals surface area contributed by atoms with E-state index in [1.54, 1.807) is 29.1 Å². The number of aromatic hydroxyl groups is 1. The van der Waals surface area contributed by atoms with Crippen molar-refractivity contribution in [3.05, 3.63) is 71.5 Å². The third kappa shape index (κ3) is 3.17. The molecule has 3 aromatic rings. The van der Waals surface area contributed by atoms with Gasteiger partial charge in [0.05, 0.1) is 5.69 Å². The molecule has 1 heterocycles. The lowest BCUT2D eigenvalue weighted by atomic mass is 10.2. The van der Waals surface area contributed by atoms with Crippen molar-refractivity contribution in [1.82, 2.24) is 9.78 Å². The van der Waals surface area contributed by atoms with Gasteiger partial charge in [-0.1, -0.05) is 11.6 Å². The van der Waals surface area contributed by atoms with E-state index in [4.69, 9.17) is 11.6 Å². The average molecular weight is 300 g/mol. The Morgan fingerprint density at radius 1 is 1.14 bits per heavy atom. The van der Waals surface area contributed by atoms with Crippen LogP contribution in [0.15, 0.2) is 60.9 Å². The Morgan fingerprint density at radius 2 is 1.95 bits per heavy atom. The Balaban J connectivity index is 1.70. The number of benzene rings is 2. The van der Waals surface area contributed by atoms with Crippen LogP contribution in [0.1, 0.15) is 5.56 Å². The largest absolute Gasteiger partial charge is 0.508 e. The fraction of sp³-hybridized carbons (Fsp3) is 0.0625. The molecule has 4 nitrogen and oxygen atoms in total. The second-order valence-electron chi connectivity index (χ2n) is 4.62. The lowest BCUT2D eigenvalue weighted by molar-refractivity contribution is 0.469. The van der Waals surface area contributed by atoms with Gasteiger partial charge in [-0.3, -0.25) is 0 Å². The summed E-state index contributed by atoms with van der Waals surface area (Å²) in [5, 5.41) is 17.8. The van der Waals surface area contributed by atoms with E-state index >= 15 is 0 Å². The molecule has 106 valence electrons. The van der Waals surface area contributed by atoms with Crippen molar-refractivity contribution in [2.75, 3.05) is 5.32 Å². The van der Waals surface area contributed by atoms with Crippen LogP contribution < -0.4 is 5.32 Å². The van der Waals surface area contributed by atoms with Crippen LogP contribution in [0.2, 0.25) is 5.02 Å². The second kappa shape index (κ2) is 5.89. The van der Waals surface area contributed by atoms with Crippen molar-refractivity contribution in [1.29, 1.82) is 0 Å². The van der Waals surface area contributed by atoms with Crippen LogP contribution in [0.5, 0.6) is 5.75 Å². The van der Waals surface area contributed by atoms with E-state index in [0.29, 0.717) is 11.6 Å². The number of hydrogen-bond acceptors (Lipinski definition) is 3. The van der Waals surface area contributed by atoms with Crippen molar-refractivity contribution in [2.45, 2.75) is 6.54 Å². The van der Waals surface area contributed by atoms with Crippen LogP contribution in [0.3, 0.4) is 0 Å². The molecule has 0 amide bonds. The average Bonchev–Trinajstić information content (AvgIpc) is 3.03. The van der Waals surface area contributed by atoms with Crippen LogP contribution >= 0.6 is 11.6 Å². The first-order valence-electron chi connectivity index (χ1n) is 6.54. The molecule has 0 aliphatic rings. The molecule has 5 heteroatoms. The molecule has 0 bridgehead atoms. The highest BCUT2D eigenvalue weighted by molar-refractivity contribution is 6.30. The molecule has 3 rings (SSSR count). The maximum atomic E-state index is 9.77. The number of halogens is 1. The molecular formula is C16H14ClN3O. The first-order chi connectivity index (χ1) is 10.2. The maximum Gasteiger partial charge on any atom is 0.120 e. The van der Waals surface area contributed by atoms with Crippen molar-refractivity contribution in [3.63, 3.8) is 0 Å². The monoisotopic (exact) mass is 299 g/mol. The summed E-state index contributed by atoms with van der Waals surface area (Å²) in [6, 6.07) is 14.8. The molecule has 0 atom stereocenters. The quantitative estimate of drug-likeness (QED) is 0.769. The van der Waals surface area contributed by atoms with Gasteiger partial charge < -0.3 is 10.4 Å². The van der Waals surface area contributed by atoms with Gasteiger partial charge in [-0.2, -0.15) is 5.10 Å². The smallest absolute Gasteiger partial charge is 0.120 e. The van der Waals surface area contributed by atoms with Crippen molar-refractivity contribution in [2.24, 2.45) is 0 Å². The Labute approximate surface area is 127 Å². The zero-order valence-electron chi connectivity index (χ0n) is 11.2. The predicted octanol–water partition coefficient (Wildman–Crippen LogP) is 3.84. The van der Waals surface area contributed by atoms with Gasteiger partial charge in [-0.05, 0) is 48.5 Å². The van der Waals surface area contributed by atoms with Crippen LogP contribution in [0.4, 0.5) is 5.69 Å². The van der Waals surface area contributed by atoms with Gasteiger partial charge in [0.1, 0.15) is 5.75 Å². The topological polar surface area (TPSA) is 50.1 Å². The normalized spacial score (nSPS) is 10.5. The molecule has 21 heavy (non-hydrogen) atoms. The molecule has 0 aliphatic heterocycles. The SMILES string of the molecule is Oc1ccc(Cl)cc1CNc1ccc(-n2cccn2)cc1. The Hall–Kier alpha value is -2.46. The van der Waals surface area contributed by atoms with E-state index in [1.807, 2.05) is 36.5 Å². The second-order valence-corrected chi connectivity index (χ2v) is 5.06. The first-order valence-corrected chi connectivity index (χ1v) is 6.91. The van der Waals surface area contributed by atoms with Gasteiger partial charge in [-0.25, -0.2) is 4.68 Å². The highest BCUT2D eigenvalue weighted by Crippen LogP contribution is 2.22. The standard InChI is InChI=1S/C16H14ClN3O/c17-13-2-7-16(21)12(10-13)11-18-14-3-5-15(6-4-14)20-9-1-8-19-20/h1-10,18,21H,11H2. The minimum Gasteiger partial charge on any atom is -0.508 e. The summed E-state index contributed by atoms with van der Waals surface area (Å²) < 4.78 is 1.80. The summed E-state index contributed by atoms with van der Waals surface area (Å²) in [7, 11) is 0. The van der Waals surface area contributed by atoms with Gasteiger partial charge in [0.2, 0.25) is 0 Å². The highest BCUT2D eigenvalue weighted by atomic mass is 35.5. The molecule has 0 aliphatic carbocycles. The molecule has 0 saturated carbocycles. The molecule has 1 aromatic heterocycles. The van der Waals surface area contributed by atoms with Crippen LogP contribution in [-0.4, -0.2) is 14.9 Å². The predicted molar refractivity (Wildman–Crippen MR) is 84.0 cm³/mol. The number of aromatic nitrogens is 2. The van der Waals surface area contributed by atoms with Crippen molar-refractivity contribution >= 4 is 17.3 Å². The third-order valence-corrected chi connectivity index (χ3v) is 3.40. The number of nitrogens with one attached hydrogen (secondary N) is 1. The third-order valence-electron chi connectivity index (χ3n) is 3.16. The van der Waals surface area contributed by atoms with Crippen LogP contribution in [0, 0.1) is 0 Å². The molecule has 0 spiro atoms. The molecule has 0 fully saturated rings. The van der Waals surface area contributed by atoms with E-state index < -0.39 is 0 Å². The fourth-order valence-corrected chi connectivity index (χ4v) is 2.24. The molecule has 0 radical (unpaired) electrons. The minimum atomic E-state index is 0.236. The van der Waals surface area contributed by atoms with Crippen LogP contribution in [-0.2, 0) is 6.54 Å². The maximum absolute atomic E-state index is 9.77. The minimum absolute atomic E-state index is 0.236. The number of anilines is 1. The zero-order valence-corrected chi connectivity index (χ0v) is 12.0. The van der Waals surface area contributed by atoms with E-state index in [2.05, 4.69) is 10.4 Å². The van der Waals surface area contributed by atoms with E-state index in [0.717, 1.165) is 16.9 Å². The molecular weight excluding hydrogens is 286 g/mol. The Morgan fingerprint density at radius 3 is 2.67 bits per heavy atom. The molecule has 2 aromatic carbocycles. The van der Waals surface area contributed by atoms with Crippen LogP contribution in [0.25, 0.3) is 5.69 Å². The summed E-state index contributed by atoms with van der Waals surface area (Å²) in [6.07, 6.45) is 3.64. The fourth-order valence-electron chi connectivity index (χ4n) is 2.05. The molecule has 0 unspecified atom stereocenters. The highest BCUT2D eigenvalue weighted by Gasteiger charge is 2.02. The Bertz CT molecular complexity index is 724. The number of hydrogen-bond donors (Lipinski definition) is 2. The lowest BCUT2D eigenvalue weighted by Gasteiger charge is -2.09. The van der Waals surface area contributed by atoms with Gasteiger partial charge >= 0.3 is 0 Å². The van der Waals surface area contributed by atoms with Gasteiger partial charge in [-0.15, -0.1) is 0 Å². The number of rotatable bonds is 4. The first kappa shape index (κ1) is 13.5. The van der Waals surface area contributed by atoms with Gasteiger partial charge in [0.25, 0.3) is 0 Å². The molecule has 2 N–H and O–H groups in total. The van der Waals surface area contributed by atoms with Crippen molar-refractivity contribution < 1.29 is 5.11 Å². The molecule has 0 saturated heterocycles. The summed E-state index contributed by atoms with van der Waals surface area (Å²) in [5.74, 6) is 0.236.